The van der Waals surface area contributed by atoms with E-state index in [4.69, 9.17) is 9.88 Å². The van der Waals surface area contributed by atoms with E-state index in [1.807, 2.05) is 0 Å². The van der Waals surface area contributed by atoms with Gasteiger partial charge in [0.2, 0.25) is 10.0 Å². The maximum Gasteiger partial charge on any atom is 0.416 e. The summed E-state index contributed by atoms with van der Waals surface area (Å²) in [5, 5.41) is 8.21. The van der Waals surface area contributed by atoms with Gasteiger partial charge >= 0.3 is 6.18 Å². The molecule has 0 atom stereocenters. The van der Waals surface area contributed by atoms with E-state index in [-0.39, 0.29) is 17.3 Å². The first-order chi connectivity index (χ1) is 13.1. The van der Waals surface area contributed by atoms with Crippen molar-refractivity contribution in [1.82, 2.24) is 4.98 Å². The van der Waals surface area contributed by atoms with Gasteiger partial charge in [0.25, 0.3) is 0 Å². The van der Waals surface area contributed by atoms with Crippen molar-refractivity contribution in [3.8, 4) is 0 Å². The number of nitrogens with two attached hydrogens (primary N) is 1. The highest BCUT2D eigenvalue weighted by atomic mass is 32.2. The fourth-order valence-electron chi connectivity index (χ4n) is 3.36. The second-order valence-corrected chi connectivity index (χ2v) is 8.25. The van der Waals surface area contributed by atoms with Crippen LogP contribution in [0.25, 0.3) is 0 Å². The summed E-state index contributed by atoms with van der Waals surface area (Å²) in [4.78, 5) is 3.86. The molecule has 10 heteroatoms. The molecule has 3 N–H and O–H groups in total. The number of anilines is 1. The topological polar surface area (TPSA) is 94.3 Å². The molecule has 1 saturated heterocycles. The first-order valence-electron chi connectivity index (χ1n) is 8.59. The molecule has 1 aromatic heterocycles. The molecule has 2 heterocycles. The third-order valence-corrected chi connectivity index (χ3v) is 5.87. The minimum absolute atomic E-state index is 0.0721. The highest BCUT2D eigenvalue weighted by Gasteiger charge is 2.37. The number of rotatable bonds is 5. The minimum atomic E-state index is -4.45. The normalized spacial score (nSPS) is 17.3. The first-order valence-corrected chi connectivity index (χ1v) is 10.1. The molecule has 0 spiro atoms. The van der Waals surface area contributed by atoms with Gasteiger partial charge in [-0.1, -0.05) is 18.2 Å². The summed E-state index contributed by atoms with van der Waals surface area (Å²) in [6.07, 6.45) is -2.06. The standard InChI is InChI=1S/C18H20F3N3O3S/c19-18(20,21)14-4-1-3-13(11-14)17(6-9-27-10-7-17)12-24-16-15(28(22,25)26)5-2-8-23-16/h1-5,8,11H,6-7,9-10,12H2,(H,23,24)(H2,22,25,26). The van der Waals surface area contributed by atoms with Crippen LogP contribution >= 0.6 is 0 Å². The van der Waals surface area contributed by atoms with Gasteiger partial charge in [-0.05, 0) is 36.6 Å². The monoisotopic (exact) mass is 415 g/mol. The zero-order valence-corrected chi connectivity index (χ0v) is 15.7. The highest BCUT2D eigenvalue weighted by Crippen LogP contribution is 2.38. The molecule has 6 nitrogen and oxygen atoms in total. The summed E-state index contributed by atoms with van der Waals surface area (Å²) in [7, 11) is -4.00. The van der Waals surface area contributed by atoms with Crippen molar-refractivity contribution >= 4 is 15.8 Å². The van der Waals surface area contributed by atoms with Gasteiger partial charge in [-0.3, -0.25) is 0 Å². The Morgan fingerprint density at radius 1 is 1.18 bits per heavy atom. The van der Waals surface area contributed by atoms with Crippen LogP contribution in [-0.2, 0) is 26.4 Å². The van der Waals surface area contributed by atoms with Crippen LogP contribution in [-0.4, -0.2) is 33.2 Å². The number of alkyl halides is 3. The maximum atomic E-state index is 13.2. The zero-order chi connectivity index (χ0) is 20.4. The summed E-state index contributed by atoms with van der Waals surface area (Å²) in [5.41, 5.74) is -0.864. The lowest BCUT2D eigenvalue weighted by Crippen LogP contribution is -2.40. The fourth-order valence-corrected chi connectivity index (χ4v) is 4.02. The number of pyridine rings is 1. The van der Waals surface area contributed by atoms with Gasteiger partial charge < -0.3 is 10.1 Å². The number of hydrogen-bond donors (Lipinski definition) is 2. The van der Waals surface area contributed by atoms with E-state index in [0.717, 1.165) is 12.1 Å². The molecule has 28 heavy (non-hydrogen) atoms. The van der Waals surface area contributed by atoms with Crippen LogP contribution in [0.1, 0.15) is 24.0 Å². The van der Waals surface area contributed by atoms with Crippen molar-refractivity contribution in [2.45, 2.75) is 29.3 Å². The Bertz CT molecular complexity index is 942. The second kappa shape index (κ2) is 7.69. The first kappa shape index (κ1) is 20.6. The quantitative estimate of drug-likeness (QED) is 0.783. The van der Waals surface area contributed by atoms with Crippen LogP contribution in [0.2, 0.25) is 0 Å². The summed E-state index contributed by atoms with van der Waals surface area (Å²) >= 11 is 0. The number of sulfonamides is 1. The lowest BCUT2D eigenvalue weighted by atomic mass is 9.73. The van der Waals surface area contributed by atoms with Crippen molar-refractivity contribution in [2.75, 3.05) is 25.1 Å². The van der Waals surface area contributed by atoms with Crippen LogP contribution in [0.5, 0.6) is 0 Å². The van der Waals surface area contributed by atoms with Crippen molar-refractivity contribution in [2.24, 2.45) is 5.14 Å². The third-order valence-electron chi connectivity index (χ3n) is 4.92. The lowest BCUT2D eigenvalue weighted by Gasteiger charge is -2.38. The fraction of sp³-hybridized carbons (Fsp3) is 0.389. The van der Waals surface area contributed by atoms with Crippen molar-refractivity contribution < 1.29 is 26.3 Å². The van der Waals surface area contributed by atoms with Gasteiger partial charge in [0.1, 0.15) is 10.7 Å². The molecule has 2 aromatic rings. The van der Waals surface area contributed by atoms with E-state index in [1.54, 1.807) is 6.07 Å². The number of primary sulfonamides is 1. The molecule has 0 unspecified atom stereocenters. The Hall–Kier alpha value is -2.17. The van der Waals surface area contributed by atoms with Gasteiger partial charge in [0.05, 0.1) is 5.56 Å². The van der Waals surface area contributed by atoms with Gasteiger partial charge in [0.15, 0.2) is 0 Å². The summed E-state index contributed by atoms with van der Waals surface area (Å²) < 4.78 is 68.4. The number of hydrogen-bond acceptors (Lipinski definition) is 5. The van der Waals surface area contributed by atoms with Gasteiger partial charge in [0, 0.05) is 31.4 Å². The number of benzene rings is 1. The molecule has 0 amide bonds. The Kier molecular flexibility index (Phi) is 5.64. The number of aromatic nitrogens is 1. The molecule has 1 fully saturated rings. The molecule has 152 valence electrons. The van der Waals surface area contributed by atoms with Crippen LogP contribution in [0.4, 0.5) is 19.0 Å². The summed E-state index contributed by atoms with van der Waals surface area (Å²) in [6, 6.07) is 7.98. The SMILES string of the molecule is NS(=O)(=O)c1cccnc1NCC1(c2cccc(C(F)(F)F)c2)CCOCC1. The van der Waals surface area contributed by atoms with Crippen LogP contribution in [0.15, 0.2) is 47.5 Å². The number of nitrogens with one attached hydrogen (secondary N) is 1. The minimum Gasteiger partial charge on any atom is -0.381 e. The Morgan fingerprint density at radius 3 is 2.54 bits per heavy atom. The zero-order valence-electron chi connectivity index (χ0n) is 14.9. The van der Waals surface area contributed by atoms with Gasteiger partial charge in [-0.15, -0.1) is 0 Å². The molecule has 0 bridgehead atoms. The molecule has 3 rings (SSSR count). The maximum absolute atomic E-state index is 13.2. The number of halogens is 3. The largest absolute Gasteiger partial charge is 0.416 e. The highest BCUT2D eigenvalue weighted by molar-refractivity contribution is 7.89. The molecule has 0 radical (unpaired) electrons. The van der Waals surface area contributed by atoms with Crippen LogP contribution in [0, 0.1) is 0 Å². The lowest BCUT2D eigenvalue weighted by molar-refractivity contribution is -0.137. The Morgan fingerprint density at radius 2 is 1.89 bits per heavy atom. The predicted octanol–water partition coefficient (Wildman–Crippen LogP) is 2.91. The molecular weight excluding hydrogens is 395 g/mol. The van der Waals surface area contributed by atoms with Crippen molar-refractivity contribution in [1.29, 1.82) is 0 Å². The molecule has 1 aliphatic rings. The van der Waals surface area contributed by atoms with E-state index in [0.29, 0.717) is 31.6 Å². The van der Waals surface area contributed by atoms with Crippen molar-refractivity contribution in [3.63, 3.8) is 0 Å². The molecule has 0 aliphatic carbocycles. The number of nitrogens with zero attached hydrogens (tertiary/aromatic N) is 1. The van der Waals surface area contributed by atoms with Crippen LogP contribution < -0.4 is 10.5 Å². The molecular formula is C18H20F3N3O3S. The average molecular weight is 415 g/mol. The van der Waals surface area contributed by atoms with Crippen molar-refractivity contribution in [3.05, 3.63) is 53.7 Å². The van der Waals surface area contributed by atoms with E-state index >= 15 is 0 Å². The predicted molar refractivity (Wildman–Crippen MR) is 97.3 cm³/mol. The summed E-state index contributed by atoms with van der Waals surface area (Å²) in [6.45, 7) is 0.974. The molecule has 1 aromatic carbocycles. The van der Waals surface area contributed by atoms with Gasteiger partial charge in [-0.2, -0.15) is 13.2 Å². The third kappa shape index (κ3) is 4.45. The Labute approximate surface area is 161 Å². The number of ether oxygens (including phenoxy) is 1. The smallest absolute Gasteiger partial charge is 0.381 e. The average Bonchev–Trinajstić information content (AvgIpc) is 2.66. The second-order valence-electron chi connectivity index (χ2n) is 6.72. The molecule has 1 aliphatic heterocycles. The van der Waals surface area contributed by atoms with E-state index in [2.05, 4.69) is 10.3 Å². The van der Waals surface area contributed by atoms with Gasteiger partial charge in [-0.25, -0.2) is 18.5 Å². The van der Waals surface area contributed by atoms with E-state index < -0.39 is 27.2 Å². The van der Waals surface area contributed by atoms with E-state index in [1.165, 1.54) is 24.4 Å². The summed E-state index contributed by atoms with van der Waals surface area (Å²) in [5.74, 6) is 0.0721. The Balaban J connectivity index is 1.94. The van der Waals surface area contributed by atoms with Crippen LogP contribution in [0.3, 0.4) is 0 Å². The molecule has 0 saturated carbocycles. The van der Waals surface area contributed by atoms with E-state index in [9.17, 15) is 21.6 Å².